The van der Waals surface area contributed by atoms with Crippen LogP contribution in [-0.2, 0) is 19.6 Å². The Hall–Kier alpha value is -1.39. The van der Waals surface area contributed by atoms with Crippen molar-refractivity contribution in [3.8, 4) is 0 Å². The zero-order valence-corrected chi connectivity index (χ0v) is 17.0. The number of piperidine rings is 1. The van der Waals surface area contributed by atoms with Gasteiger partial charge in [-0.15, -0.1) is 0 Å². The van der Waals surface area contributed by atoms with Crippen molar-refractivity contribution < 1.29 is 22.7 Å². The second-order valence-electron chi connectivity index (χ2n) is 6.78. The topological polar surface area (TPSA) is 99.3 Å². The summed E-state index contributed by atoms with van der Waals surface area (Å²) in [5, 5.41) is 2.88. The van der Waals surface area contributed by atoms with Crippen molar-refractivity contribution in [2.24, 2.45) is 0 Å². The van der Waals surface area contributed by atoms with Gasteiger partial charge >= 0.3 is 6.09 Å². The monoisotopic (exact) mass is 392 g/mol. The Balaban J connectivity index is 2.45. The van der Waals surface area contributed by atoms with Crippen molar-refractivity contribution in [2.45, 2.75) is 32.2 Å². The molecule has 10 heteroatoms. The summed E-state index contributed by atoms with van der Waals surface area (Å²) in [6, 6.07) is -0.0589. The summed E-state index contributed by atoms with van der Waals surface area (Å²) >= 11 is 0. The average molecular weight is 393 g/mol. The molecule has 1 fully saturated rings. The molecule has 1 N–H and O–H groups in total. The largest absolute Gasteiger partial charge is 0.450 e. The Morgan fingerprint density at radius 2 is 1.81 bits per heavy atom. The van der Waals surface area contributed by atoms with Crippen molar-refractivity contribution in [1.82, 2.24) is 19.4 Å². The first-order valence-corrected chi connectivity index (χ1v) is 10.8. The summed E-state index contributed by atoms with van der Waals surface area (Å²) < 4.78 is 30.0. The molecule has 0 radical (unpaired) electrons. The van der Waals surface area contributed by atoms with Crippen LogP contribution in [0.25, 0.3) is 0 Å². The highest BCUT2D eigenvalue weighted by molar-refractivity contribution is 7.88. The molecule has 0 aromatic rings. The summed E-state index contributed by atoms with van der Waals surface area (Å²) in [5.74, 6) is -0.310. The van der Waals surface area contributed by atoms with Crippen molar-refractivity contribution in [3.05, 3.63) is 0 Å². The maximum Gasteiger partial charge on any atom is 0.409 e. The Morgan fingerprint density at radius 3 is 2.31 bits per heavy atom. The molecule has 1 aliphatic heterocycles. The molecule has 1 heterocycles. The summed E-state index contributed by atoms with van der Waals surface area (Å²) in [5.41, 5.74) is 0. The number of hydrogen-bond acceptors (Lipinski definition) is 6. The minimum Gasteiger partial charge on any atom is -0.450 e. The number of sulfonamides is 1. The molecule has 152 valence electrons. The quantitative estimate of drug-likeness (QED) is 0.590. The third kappa shape index (κ3) is 8.33. The Bertz CT molecular complexity index is 559. The normalized spacial score (nSPS) is 16.2. The minimum atomic E-state index is -3.44. The highest BCUT2D eigenvalue weighted by Gasteiger charge is 2.26. The fourth-order valence-corrected chi connectivity index (χ4v) is 3.59. The van der Waals surface area contributed by atoms with Crippen LogP contribution >= 0.6 is 0 Å². The number of nitrogens with zero attached hydrogens (tertiary/aromatic N) is 3. The van der Waals surface area contributed by atoms with E-state index in [1.54, 1.807) is 11.8 Å². The van der Waals surface area contributed by atoms with Crippen molar-refractivity contribution in [1.29, 1.82) is 0 Å². The van der Waals surface area contributed by atoms with E-state index in [9.17, 15) is 18.0 Å². The predicted molar refractivity (Wildman–Crippen MR) is 99.3 cm³/mol. The molecular formula is C16H32N4O5S. The molecule has 0 aromatic carbocycles. The van der Waals surface area contributed by atoms with Gasteiger partial charge in [0.15, 0.2) is 0 Å². The fraction of sp³-hybridized carbons (Fsp3) is 0.875. The first-order chi connectivity index (χ1) is 12.1. The van der Waals surface area contributed by atoms with E-state index >= 15 is 0 Å². The van der Waals surface area contributed by atoms with Gasteiger partial charge < -0.3 is 19.9 Å². The van der Waals surface area contributed by atoms with E-state index in [2.05, 4.69) is 5.32 Å². The van der Waals surface area contributed by atoms with Crippen molar-refractivity contribution in [2.75, 3.05) is 59.7 Å². The highest BCUT2D eigenvalue weighted by Crippen LogP contribution is 2.12. The fourth-order valence-electron chi connectivity index (χ4n) is 2.78. The van der Waals surface area contributed by atoms with E-state index in [0.29, 0.717) is 45.5 Å². The lowest BCUT2D eigenvalue weighted by Crippen LogP contribution is -2.49. The van der Waals surface area contributed by atoms with E-state index < -0.39 is 10.0 Å². The third-order valence-corrected chi connectivity index (χ3v) is 5.44. The third-order valence-electron chi connectivity index (χ3n) is 4.19. The predicted octanol–water partition coefficient (Wildman–Crippen LogP) is -0.0632. The zero-order valence-electron chi connectivity index (χ0n) is 16.2. The molecule has 0 spiro atoms. The van der Waals surface area contributed by atoms with Crippen LogP contribution in [0.3, 0.4) is 0 Å². The molecule has 0 aromatic heterocycles. The minimum absolute atomic E-state index is 0.0589. The summed E-state index contributed by atoms with van der Waals surface area (Å²) in [4.78, 5) is 27.5. The molecule has 0 aliphatic carbocycles. The van der Waals surface area contributed by atoms with Gasteiger partial charge in [-0.25, -0.2) is 13.2 Å². The molecule has 0 saturated carbocycles. The molecule has 26 heavy (non-hydrogen) atoms. The SMILES string of the molecule is CCOC(=O)N1CCC(NC(=O)CN(CCCN(C)C)S(C)(=O)=O)CC1. The number of carbonyl (C=O) groups excluding carboxylic acids is 2. The van der Waals surface area contributed by atoms with Gasteiger partial charge in [0.1, 0.15) is 0 Å². The molecule has 0 atom stereocenters. The molecule has 1 rings (SSSR count). The average Bonchev–Trinajstić information content (AvgIpc) is 2.53. The molecule has 9 nitrogen and oxygen atoms in total. The Labute approximate surface area is 156 Å². The lowest BCUT2D eigenvalue weighted by molar-refractivity contribution is -0.122. The lowest BCUT2D eigenvalue weighted by Gasteiger charge is -2.32. The van der Waals surface area contributed by atoms with E-state index in [-0.39, 0.29) is 24.6 Å². The van der Waals surface area contributed by atoms with Crippen LogP contribution in [0.1, 0.15) is 26.2 Å². The van der Waals surface area contributed by atoms with Crippen LogP contribution in [-0.4, -0.2) is 100 Å². The second-order valence-corrected chi connectivity index (χ2v) is 8.76. The van der Waals surface area contributed by atoms with E-state index in [4.69, 9.17) is 4.74 Å². The van der Waals surface area contributed by atoms with Gasteiger partial charge in [0.25, 0.3) is 0 Å². The van der Waals surface area contributed by atoms with E-state index in [1.807, 2.05) is 19.0 Å². The van der Waals surface area contributed by atoms with Crippen molar-refractivity contribution >= 4 is 22.0 Å². The van der Waals surface area contributed by atoms with E-state index in [0.717, 1.165) is 12.8 Å². The number of hydrogen-bond donors (Lipinski definition) is 1. The number of ether oxygens (including phenoxy) is 1. The zero-order chi connectivity index (χ0) is 19.7. The number of carbonyl (C=O) groups is 2. The molecular weight excluding hydrogens is 360 g/mol. The Kier molecular flexibility index (Phi) is 9.31. The van der Waals surface area contributed by atoms with Crippen LogP contribution < -0.4 is 5.32 Å². The summed E-state index contributed by atoms with van der Waals surface area (Å²) in [6.07, 6.45) is 2.70. The number of likely N-dealkylation sites (tertiary alicyclic amines) is 1. The summed E-state index contributed by atoms with van der Waals surface area (Å²) in [7, 11) is 0.393. The maximum atomic E-state index is 12.3. The van der Waals surface area contributed by atoms with Gasteiger partial charge in [-0.1, -0.05) is 0 Å². The smallest absolute Gasteiger partial charge is 0.409 e. The molecule has 0 bridgehead atoms. The number of rotatable bonds is 9. The van der Waals surface area contributed by atoms with Crippen molar-refractivity contribution in [3.63, 3.8) is 0 Å². The second kappa shape index (κ2) is 10.7. The molecule has 1 aliphatic rings. The van der Waals surface area contributed by atoms with Crippen LogP contribution in [0.2, 0.25) is 0 Å². The van der Waals surface area contributed by atoms with Crippen LogP contribution in [0, 0.1) is 0 Å². The summed E-state index contributed by atoms with van der Waals surface area (Å²) in [6.45, 7) is 4.02. The van der Waals surface area contributed by atoms with Gasteiger partial charge in [0, 0.05) is 25.7 Å². The highest BCUT2D eigenvalue weighted by atomic mass is 32.2. The van der Waals surface area contributed by atoms with Gasteiger partial charge in [0.2, 0.25) is 15.9 Å². The molecule has 0 unspecified atom stereocenters. The first kappa shape index (κ1) is 22.7. The lowest BCUT2D eigenvalue weighted by atomic mass is 10.1. The number of amides is 2. The van der Waals surface area contributed by atoms with E-state index in [1.165, 1.54) is 4.31 Å². The van der Waals surface area contributed by atoms with Gasteiger partial charge in [-0.2, -0.15) is 4.31 Å². The maximum absolute atomic E-state index is 12.3. The standard InChI is InChI=1S/C16H32N4O5S/c1-5-25-16(22)19-11-7-14(8-12-19)17-15(21)13-20(26(4,23)24)10-6-9-18(2)3/h14H,5-13H2,1-4H3,(H,17,21). The van der Waals surface area contributed by atoms with Gasteiger partial charge in [-0.3, -0.25) is 4.79 Å². The first-order valence-electron chi connectivity index (χ1n) is 8.94. The Morgan fingerprint density at radius 1 is 1.19 bits per heavy atom. The molecule has 1 saturated heterocycles. The van der Waals surface area contributed by atoms with Crippen LogP contribution in [0.15, 0.2) is 0 Å². The van der Waals surface area contributed by atoms with Crippen LogP contribution in [0.4, 0.5) is 4.79 Å². The van der Waals surface area contributed by atoms with Gasteiger partial charge in [-0.05, 0) is 46.8 Å². The molecule has 2 amide bonds. The number of nitrogens with one attached hydrogen (secondary N) is 1. The van der Waals surface area contributed by atoms with Crippen LogP contribution in [0.5, 0.6) is 0 Å². The van der Waals surface area contributed by atoms with Gasteiger partial charge in [0.05, 0.1) is 19.4 Å².